The number of amides is 1. The van der Waals surface area contributed by atoms with Crippen LogP contribution in [0.5, 0.6) is 0 Å². The van der Waals surface area contributed by atoms with E-state index in [4.69, 9.17) is 4.42 Å². The zero-order valence-electron chi connectivity index (χ0n) is 22.3. The van der Waals surface area contributed by atoms with Crippen molar-refractivity contribution in [3.05, 3.63) is 148 Å². The largest absolute Gasteiger partial charge is 0.457 e. The van der Waals surface area contributed by atoms with Gasteiger partial charge < -0.3 is 9.73 Å². The van der Waals surface area contributed by atoms with Crippen molar-refractivity contribution in [3.8, 4) is 11.3 Å². The van der Waals surface area contributed by atoms with E-state index in [2.05, 4.69) is 26.2 Å². The average Bonchev–Trinajstić information content (AvgIpc) is 3.57. The number of nitro benzene ring substituents is 1. The number of hydrogen-bond acceptors (Lipinski definition) is 7. The highest BCUT2D eigenvalue weighted by molar-refractivity contribution is 9.10. The molecule has 2 aromatic heterocycles. The molecule has 1 aliphatic rings. The van der Waals surface area contributed by atoms with E-state index >= 15 is 0 Å². The van der Waals surface area contributed by atoms with Crippen LogP contribution in [-0.2, 0) is 4.79 Å². The Morgan fingerprint density at radius 2 is 1.86 bits per heavy atom. The molecule has 0 saturated heterocycles. The van der Waals surface area contributed by atoms with Crippen molar-refractivity contribution in [3.63, 3.8) is 0 Å². The third kappa shape index (κ3) is 5.49. The molecule has 0 radical (unpaired) electrons. The minimum atomic E-state index is -0.856. The number of halogens is 2. The molecule has 1 atom stereocenters. The molecule has 214 valence electrons. The predicted octanol–water partition coefficient (Wildman–Crippen LogP) is 5.94. The van der Waals surface area contributed by atoms with Gasteiger partial charge in [-0.25, -0.2) is 9.38 Å². The van der Waals surface area contributed by atoms with Crippen molar-refractivity contribution in [1.29, 1.82) is 0 Å². The Kier molecular flexibility index (Phi) is 7.46. The summed E-state index contributed by atoms with van der Waals surface area (Å²) in [7, 11) is 0. The van der Waals surface area contributed by atoms with Gasteiger partial charge in [0.15, 0.2) is 4.80 Å². The molecule has 1 aliphatic heterocycles. The van der Waals surface area contributed by atoms with E-state index in [9.17, 15) is 24.1 Å². The van der Waals surface area contributed by atoms with E-state index in [1.807, 2.05) is 6.07 Å². The maximum Gasteiger partial charge on any atom is 0.271 e. The van der Waals surface area contributed by atoms with Gasteiger partial charge in [-0.3, -0.25) is 24.3 Å². The van der Waals surface area contributed by atoms with Crippen LogP contribution in [0.25, 0.3) is 17.4 Å². The average molecular weight is 659 g/mol. The molecule has 9 nitrogen and oxygen atoms in total. The van der Waals surface area contributed by atoms with Crippen molar-refractivity contribution < 1.29 is 18.5 Å². The van der Waals surface area contributed by atoms with Crippen LogP contribution in [0.1, 0.15) is 24.3 Å². The Morgan fingerprint density at radius 3 is 2.56 bits per heavy atom. The van der Waals surface area contributed by atoms with E-state index < -0.39 is 28.2 Å². The number of aromatic nitrogens is 1. The molecule has 1 amide bonds. The highest BCUT2D eigenvalue weighted by Crippen LogP contribution is 2.33. The van der Waals surface area contributed by atoms with Gasteiger partial charge in [0.1, 0.15) is 17.3 Å². The van der Waals surface area contributed by atoms with Crippen molar-refractivity contribution >= 4 is 50.6 Å². The van der Waals surface area contributed by atoms with Crippen molar-refractivity contribution in [2.24, 2.45) is 4.99 Å². The summed E-state index contributed by atoms with van der Waals surface area (Å²) in [4.78, 5) is 43.1. The smallest absolute Gasteiger partial charge is 0.271 e. The SMILES string of the molecule is CC1=C(C(=O)Nc2ccccc2)[C@H](c2ccc(F)cc2)n2c(s/c(=C\c3ccc(-c4ccc([N+](=O)[O-])cc4Br)o3)c2=O)=N1. The minimum Gasteiger partial charge on any atom is -0.457 e. The van der Waals surface area contributed by atoms with E-state index in [0.717, 1.165) is 11.3 Å². The van der Waals surface area contributed by atoms with E-state index in [-0.39, 0.29) is 11.3 Å². The molecule has 3 aromatic carbocycles. The van der Waals surface area contributed by atoms with Crippen LogP contribution in [0, 0.1) is 15.9 Å². The first kappa shape index (κ1) is 28.2. The number of hydrogen-bond donors (Lipinski definition) is 1. The Bertz CT molecular complexity index is 2120. The van der Waals surface area contributed by atoms with Gasteiger partial charge in [0.2, 0.25) is 0 Å². The number of rotatable bonds is 6. The van der Waals surface area contributed by atoms with Crippen LogP contribution in [0.2, 0.25) is 0 Å². The highest BCUT2D eigenvalue weighted by Gasteiger charge is 2.32. The van der Waals surface area contributed by atoms with Crippen LogP contribution >= 0.6 is 27.3 Å². The van der Waals surface area contributed by atoms with Gasteiger partial charge in [-0.1, -0.05) is 41.7 Å². The second kappa shape index (κ2) is 11.4. The van der Waals surface area contributed by atoms with Crippen LogP contribution in [0.4, 0.5) is 15.8 Å². The number of nitrogens with zero attached hydrogens (tertiary/aromatic N) is 3. The second-order valence-corrected chi connectivity index (χ2v) is 11.4. The molecular weight excluding hydrogens is 639 g/mol. The summed E-state index contributed by atoms with van der Waals surface area (Å²) in [6.45, 7) is 1.70. The number of benzene rings is 3. The van der Waals surface area contributed by atoms with Gasteiger partial charge in [0.05, 0.1) is 26.8 Å². The van der Waals surface area contributed by atoms with Crippen LogP contribution in [-0.4, -0.2) is 15.4 Å². The molecular formula is C31H20BrFN4O5S. The monoisotopic (exact) mass is 658 g/mol. The Balaban J connectivity index is 1.43. The third-order valence-electron chi connectivity index (χ3n) is 6.81. The number of fused-ring (bicyclic) bond motifs is 1. The summed E-state index contributed by atoms with van der Waals surface area (Å²) in [6.07, 6.45) is 1.58. The second-order valence-electron chi connectivity index (χ2n) is 9.58. The fourth-order valence-electron chi connectivity index (χ4n) is 4.81. The number of nitro groups is 1. The van der Waals surface area contributed by atoms with E-state index in [1.165, 1.54) is 28.8 Å². The van der Waals surface area contributed by atoms with Gasteiger partial charge in [-0.2, -0.15) is 0 Å². The fourth-order valence-corrected chi connectivity index (χ4v) is 6.40. The zero-order chi connectivity index (χ0) is 30.2. The maximum absolute atomic E-state index is 13.9. The molecule has 12 heteroatoms. The van der Waals surface area contributed by atoms with Gasteiger partial charge in [0.25, 0.3) is 17.2 Å². The molecule has 0 fully saturated rings. The zero-order valence-corrected chi connectivity index (χ0v) is 24.7. The Morgan fingerprint density at radius 1 is 1.12 bits per heavy atom. The minimum absolute atomic E-state index is 0.0636. The van der Waals surface area contributed by atoms with Crippen molar-refractivity contribution in [2.45, 2.75) is 13.0 Å². The fraction of sp³-hybridized carbons (Fsp3) is 0.0645. The quantitative estimate of drug-likeness (QED) is 0.179. The Hall–Kier alpha value is -4.94. The lowest BCUT2D eigenvalue weighted by Crippen LogP contribution is -2.40. The molecule has 6 rings (SSSR count). The number of para-hydroxylation sites is 1. The maximum atomic E-state index is 13.9. The van der Waals surface area contributed by atoms with Crippen LogP contribution < -0.4 is 20.2 Å². The number of carbonyl (C=O) groups excluding carboxylic acids is 1. The summed E-state index contributed by atoms with van der Waals surface area (Å²) in [5.41, 5.74) is 1.96. The number of non-ortho nitro benzene ring substituents is 1. The summed E-state index contributed by atoms with van der Waals surface area (Å²) in [5.74, 6) is -0.0526. The molecule has 3 heterocycles. The van der Waals surface area contributed by atoms with E-state index in [1.54, 1.807) is 67.6 Å². The van der Waals surface area contributed by atoms with Gasteiger partial charge in [-0.15, -0.1) is 0 Å². The number of allylic oxidation sites excluding steroid dienone is 1. The highest BCUT2D eigenvalue weighted by atomic mass is 79.9. The van der Waals surface area contributed by atoms with Gasteiger partial charge in [-0.05, 0) is 70.9 Å². The predicted molar refractivity (Wildman–Crippen MR) is 164 cm³/mol. The Labute approximate surface area is 255 Å². The molecule has 5 aromatic rings. The summed E-state index contributed by atoms with van der Waals surface area (Å²) >= 11 is 4.49. The lowest BCUT2D eigenvalue weighted by Gasteiger charge is -2.25. The van der Waals surface area contributed by atoms with E-state index in [0.29, 0.717) is 47.8 Å². The normalized spacial score (nSPS) is 14.8. The first-order chi connectivity index (χ1) is 20.7. The molecule has 0 saturated carbocycles. The number of furan rings is 1. The standard InChI is InChI=1S/C31H20BrFN4O5S/c1-17-27(29(38)35-20-5-3-2-4-6-20)28(18-7-9-19(33)10-8-18)36-30(39)26(43-31(36)34-17)16-22-12-14-25(42-22)23-13-11-21(37(40)41)15-24(23)32/h2-16,28H,1H3,(H,35,38)/b26-16-/t28-/m0/s1. The lowest BCUT2D eigenvalue weighted by atomic mass is 9.95. The lowest BCUT2D eigenvalue weighted by molar-refractivity contribution is -0.384. The molecule has 1 N–H and O–H groups in total. The number of anilines is 1. The molecule has 0 unspecified atom stereocenters. The van der Waals surface area contributed by atoms with Crippen LogP contribution in [0.15, 0.2) is 115 Å². The summed E-state index contributed by atoms with van der Waals surface area (Å²) in [5, 5.41) is 14.0. The number of thiazole rings is 1. The number of carbonyl (C=O) groups is 1. The number of nitrogens with one attached hydrogen (secondary N) is 1. The van der Waals surface area contributed by atoms with Gasteiger partial charge >= 0.3 is 0 Å². The molecule has 43 heavy (non-hydrogen) atoms. The summed E-state index contributed by atoms with van der Waals surface area (Å²) < 4.78 is 22.1. The first-order valence-electron chi connectivity index (χ1n) is 12.9. The van der Waals surface area contributed by atoms with Crippen molar-refractivity contribution in [2.75, 3.05) is 5.32 Å². The topological polar surface area (TPSA) is 120 Å². The first-order valence-corrected chi connectivity index (χ1v) is 14.5. The van der Waals surface area contributed by atoms with Crippen LogP contribution in [0.3, 0.4) is 0 Å². The van der Waals surface area contributed by atoms with Gasteiger partial charge in [0, 0.05) is 33.9 Å². The molecule has 0 spiro atoms. The summed E-state index contributed by atoms with van der Waals surface area (Å²) in [6, 6.07) is 21.5. The van der Waals surface area contributed by atoms with Crippen molar-refractivity contribution in [1.82, 2.24) is 4.57 Å². The third-order valence-corrected chi connectivity index (χ3v) is 8.45. The molecule has 0 bridgehead atoms. The molecule has 0 aliphatic carbocycles.